The van der Waals surface area contributed by atoms with Crippen LogP contribution in [0.4, 0.5) is 0 Å². The Morgan fingerprint density at radius 1 is 1.27 bits per heavy atom. The summed E-state index contributed by atoms with van der Waals surface area (Å²) in [5.74, 6) is 0. The van der Waals surface area contributed by atoms with E-state index in [-0.39, 0.29) is 12.1 Å². The molecule has 0 aromatic carbocycles. The molecule has 3 heteroatoms. The minimum Gasteiger partial charge on any atom is -0.326 e. The molecule has 1 aliphatic rings. The largest absolute Gasteiger partial charge is 0.326 e. The third kappa shape index (κ3) is 1.55. The zero-order valence-corrected chi connectivity index (χ0v) is 7.62. The van der Waals surface area contributed by atoms with E-state index in [2.05, 4.69) is 25.8 Å². The van der Waals surface area contributed by atoms with Crippen molar-refractivity contribution >= 4 is 0 Å². The van der Waals surface area contributed by atoms with Crippen LogP contribution in [0.25, 0.3) is 0 Å². The Kier molecular flexibility index (Phi) is 2.52. The highest BCUT2D eigenvalue weighted by atomic mass is 15.2. The van der Waals surface area contributed by atoms with E-state index in [4.69, 9.17) is 11.5 Å². The molecule has 0 amide bonds. The molecule has 4 N–H and O–H groups in total. The molecule has 4 unspecified atom stereocenters. The maximum Gasteiger partial charge on any atom is 0.0348 e. The summed E-state index contributed by atoms with van der Waals surface area (Å²) in [5.41, 5.74) is 11.8. The Bertz CT molecular complexity index is 123. The molecule has 0 saturated carbocycles. The van der Waals surface area contributed by atoms with E-state index in [1.807, 2.05) is 0 Å². The number of nitrogens with two attached hydrogens (primary N) is 2. The summed E-state index contributed by atoms with van der Waals surface area (Å²) in [5, 5.41) is 0. The lowest BCUT2D eigenvalue weighted by atomic mass is 9.90. The molecule has 4 atom stereocenters. The molecule has 0 radical (unpaired) electrons. The second kappa shape index (κ2) is 3.09. The summed E-state index contributed by atoms with van der Waals surface area (Å²) in [6, 6.07) is 1.29. The van der Waals surface area contributed by atoms with Crippen LogP contribution in [0.5, 0.6) is 0 Å². The Balaban J connectivity index is 2.63. The lowest BCUT2D eigenvalue weighted by Crippen LogP contribution is -2.61. The maximum absolute atomic E-state index is 5.91. The lowest BCUT2D eigenvalue weighted by Gasteiger charge is -2.43. The van der Waals surface area contributed by atoms with Crippen LogP contribution in [0.3, 0.4) is 0 Å². The first-order valence-electron chi connectivity index (χ1n) is 4.27. The minimum absolute atomic E-state index is 0.135. The monoisotopic (exact) mass is 157 g/mol. The van der Waals surface area contributed by atoms with Gasteiger partial charge in [0.2, 0.25) is 0 Å². The van der Waals surface area contributed by atoms with E-state index in [1.165, 1.54) is 0 Å². The summed E-state index contributed by atoms with van der Waals surface area (Å²) in [6.07, 6.45) is 1.02. The van der Waals surface area contributed by atoms with Crippen molar-refractivity contribution < 1.29 is 0 Å². The normalized spacial score (nSPS) is 47.7. The summed E-state index contributed by atoms with van der Waals surface area (Å²) in [7, 11) is 2.11. The molecule has 0 bridgehead atoms. The van der Waals surface area contributed by atoms with Crippen molar-refractivity contribution in [3.8, 4) is 0 Å². The molecule has 11 heavy (non-hydrogen) atoms. The fourth-order valence-corrected chi connectivity index (χ4v) is 1.75. The van der Waals surface area contributed by atoms with Crippen molar-refractivity contribution in [2.24, 2.45) is 11.5 Å². The second-order valence-corrected chi connectivity index (χ2v) is 3.73. The van der Waals surface area contributed by atoms with Gasteiger partial charge in [-0.25, -0.2) is 0 Å². The minimum atomic E-state index is 0.135. The van der Waals surface area contributed by atoms with Crippen molar-refractivity contribution in [1.82, 2.24) is 4.90 Å². The molecule has 1 fully saturated rings. The summed E-state index contributed by atoms with van der Waals surface area (Å²) >= 11 is 0. The number of hydrogen-bond donors (Lipinski definition) is 2. The van der Waals surface area contributed by atoms with Crippen LogP contribution in [0.1, 0.15) is 20.3 Å². The molecule has 1 saturated heterocycles. The zero-order valence-electron chi connectivity index (χ0n) is 7.62. The second-order valence-electron chi connectivity index (χ2n) is 3.73. The average Bonchev–Trinajstić information content (AvgIpc) is 1.97. The van der Waals surface area contributed by atoms with Crippen molar-refractivity contribution in [2.75, 3.05) is 7.05 Å². The molecule has 0 spiro atoms. The van der Waals surface area contributed by atoms with Crippen LogP contribution < -0.4 is 11.5 Å². The number of likely N-dealkylation sites (tertiary alicyclic amines) is 1. The third-order valence-corrected chi connectivity index (χ3v) is 3.00. The van der Waals surface area contributed by atoms with Gasteiger partial charge in [0.15, 0.2) is 0 Å². The topological polar surface area (TPSA) is 55.3 Å². The number of piperidine rings is 1. The van der Waals surface area contributed by atoms with Crippen LogP contribution in [-0.2, 0) is 0 Å². The van der Waals surface area contributed by atoms with Crippen LogP contribution in [-0.4, -0.2) is 36.1 Å². The van der Waals surface area contributed by atoms with E-state index < -0.39 is 0 Å². The van der Waals surface area contributed by atoms with E-state index in [0.29, 0.717) is 12.1 Å². The maximum atomic E-state index is 5.91. The molecule has 0 aromatic heterocycles. The van der Waals surface area contributed by atoms with Gasteiger partial charge in [0.25, 0.3) is 0 Å². The SMILES string of the molecule is CC1CC(N)C(N)C(C)N1C. The van der Waals surface area contributed by atoms with Gasteiger partial charge in [0.05, 0.1) is 0 Å². The first-order valence-corrected chi connectivity index (χ1v) is 4.27. The zero-order chi connectivity index (χ0) is 8.59. The molecule has 1 aliphatic heterocycles. The highest BCUT2D eigenvalue weighted by Crippen LogP contribution is 2.18. The molecule has 0 aliphatic carbocycles. The number of hydrogen-bond acceptors (Lipinski definition) is 3. The Morgan fingerprint density at radius 2 is 1.82 bits per heavy atom. The standard InChI is InChI=1S/C8H19N3/c1-5-4-7(9)8(10)6(2)11(5)3/h5-8H,4,9-10H2,1-3H3. The first-order chi connectivity index (χ1) is 5.04. The summed E-state index contributed by atoms with van der Waals surface area (Å²) in [4.78, 5) is 2.30. The molecular formula is C8H19N3. The van der Waals surface area contributed by atoms with Crippen molar-refractivity contribution in [3.05, 3.63) is 0 Å². The van der Waals surface area contributed by atoms with Crippen molar-refractivity contribution in [2.45, 2.75) is 44.4 Å². The third-order valence-electron chi connectivity index (χ3n) is 3.00. The first kappa shape index (κ1) is 8.97. The molecule has 66 valence electrons. The van der Waals surface area contributed by atoms with Gasteiger partial charge in [-0.05, 0) is 27.3 Å². The summed E-state index contributed by atoms with van der Waals surface area (Å²) in [6.45, 7) is 4.34. The van der Waals surface area contributed by atoms with Gasteiger partial charge in [-0.1, -0.05) is 0 Å². The number of likely N-dealkylation sites (N-methyl/N-ethyl adjacent to an activating group) is 1. The van der Waals surface area contributed by atoms with E-state index in [9.17, 15) is 0 Å². The number of nitrogens with zero attached hydrogens (tertiary/aromatic N) is 1. The van der Waals surface area contributed by atoms with Crippen LogP contribution >= 0.6 is 0 Å². The van der Waals surface area contributed by atoms with Gasteiger partial charge < -0.3 is 11.5 Å². The van der Waals surface area contributed by atoms with Crippen LogP contribution in [0.2, 0.25) is 0 Å². The predicted molar refractivity (Wildman–Crippen MR) is 47.3 cm³/mol. The van der Waals surface area contributed by atoms with E-state index in [0.717, 1.165) is 6.42 Å². The lowest BCUT2D eigenvalue weighted by molar-refractivity contribution is 0.104. The van der Waals surface area contributed by atoms with Crippen LogP contribution in [0.15, 0.2) is 0 Å². The van der Waals surface area contributed by atoms with E-state index >= 15 is 0 Å². The fourth-order valence-electron chi connectivity index (χ4n) is 1.75. The highest BCUT2D eigenvalue weighted by Gasteiger charge is 2.32. The fraction of sp³-hybridized carbons (Fsp3) is 1.00. The predicted octanol–water partition coefficient (Wildman–Crippen LogP) is -0.246. The number of rotatable bonds is 0. The Morgan fingerprint density at radius 3 is 2.36 bits per heavy atom. The van der Waals surface area contributed by atoms with E-state index in [1.54, 1.807) is 0 Å². The average molecular weight is 157 g/mol. The van der Waals surface area contributed by atoms with Gasteiger partial charge in [-0.15, -0.1) is 0 Å². The van der Waals surface area contributed by atoms with Gasteiger partial charge in [0, 0.05) is 24.2 Å². The smallest absolute Gasteiger partial charge is 0.0348 e. The Labute approximate surface area is 68.7 Å². The molecule has 1 heterocycles. The highest BCUT2D eigenvalue weighted by molar-refractivity contribution is 4.94. The van der Waals surface area contributed by atoms with Gasteiger partial charge in [-0.3, -0.25) is 4.90 Å². The Hall–Kier alpha value is -0.120. The van der Waals surface area contributed by atoms with Crippen molar-refractivity contribution in [1.29, 1.82) is 0 Å². The van der Waals surface area contributed by atoms with Crippen LogP contribution in [0, 0.1) is 0 Å². The van der Waals surface area contributed by atoms with Gasteiger partial charge in [0.1, 0.15) is 0 Å². The van der Waals surface area contributed by atoms with Gasteiger partial charge in [-0.2, -0.15) is 0 Å². The van der Waals surface area contributed by atoms with Gasteiger partial charge >= 0.3 is 0 Å². The molecule has 1 rings (SSSR count). The quantitative estimate of drug-likeness (QED) is 0.510. The molecular weight excluding hydrogens is 138 g/mol. The summed E-state index contributed by atoms with van der Waals surface area (Å²) < 4.78 is 0. The molecule has 0 aromatic rings. The van der Waals surface area contributed by atoms with Crippen molar-refractivity contribution in [3.63, 3.8) is 0 Å². The molecule has 3 nitrogen and oxygen atoms in total.